The molecule has 2 aromatic carbocycles. The Morgan fingerprint density at radius 2 is 1.92 bits per heavy atom. The smallest absolute Gasteiger partial charge is 0.227 e. The first-order valence-electron chi connectivity index (χ1n) is 8.34. The molecule has 0 bridgehead atoms. The number of benzene rings is 2. The molecule has 1 aliphatic heterocycles. The molecule has 0 aliphatic carbocycles. The Bertz CT molecular complexity index is 672. The molecule has 0 saturated carbocycles. The summed E-state index contributed by atoms with van der Waals surface area (Å²) in [5.74, 6) is 1.01. The number of rotatable bonds is 5. The summed E-state index contributed by atoms with van der Waals surface area (Å²) in [7, 11) is 0. The summed E-state index contributed by atoms with van der Waals surface area (Å²) in [6, 6.07) is 17.8. The number of carbonyl (C=O) groups is 1. The number of morpholine rings is 1. The normalized spacial score (nSPS) is 17.5. The summed E-state index contributed by atoms with van der Waals surface area (Å²) in [4.78, 5) is 14.3. The molecule has 1 fully saturated rings. The predicted molar refractivity (Wildman–Crippen MR) is 93.1 cm³/mol. The Morgan fingerprint density at radius 1 is 1.17 bits per heavy atom. The monoisotopic (exact) mass is 325 g/mol. The summed E-state index contributed by atoms with van der Waals surface area (Å²) in [6.45, 7) is 4.26. The van der Waals surface area contributed by atoms with Crippen LogP contribution >= 0.6 is 0 Å². The number of amides is 1. The molecule has 1 amide bonds. The highest BCUT2D eigenvalue weighted by Gasteiger charge is 2.24. The van der Waals surface area contributed by atoms with Gasteiger partial charge in [0.2, 0.25) is 5.91 Å². The Kier molecular flexibility index (Phi) is 5.49. The predicted octanol–water partition coefficient (Wildman–Crippen LogP) is 2.84. The summed E-state index contributed by atoms with van der Waals surface area (Å²) in [5, 5.41) is 0. The molecule has 1 atom stereocenters. The molecule has 2 aromatic rings. The standard InChI is InChI=1S/C20H23NO3/c1-16-7-5-6-10-19(16)24-15-18-14-21(11-12-23-18)20(22)13-17-8-3-2-4-9-17/h2-10,18H,11-15H2,1H3. The van der Waals surface area contributed by atoms with E-state index >= 15 is 0 Å². The van der Waals surface area contributed by atoms with E-state index in [1.807, 2.05) is 66.4 Å². The van der Waals surface area contributed by atoms with Crippen LogP contribution in [-0.2, 0) is 16.0 Å². The van der Waals surface area contributed by atoms with Crippen molar-refractivity contribution in [3.05, 3.63) is 65.7 Å². The Balaban J connectivity index is 1.52. The van der Waals surface area contributed by atoms with Crippen LogP contribution in [0.25, 0.3) is 0 Å². The second-order valence-corrected chi connectivity index (χ2v) is 6.07. The molecule has 0 spiro atoms. The van der Waals surface area contributed by atoms with Gasteiger partial charge in [-0.25, -0.2) is 0 Å². The topological polar surface area (TPSA) is 38.8 Å². The van der Waals surface area contributed by atoms with Gasteiger partial charge in [-0.2, -0.15) is 0 Å². The molecule has 4 nitrogen and oxygen atoms in total. The maximum absolute atomic E-state index is 12.5. The Morgan fingerprint density at radius 3 is 2.71 bits per heavy atom. The quantitative estimate of drug-likeness (QED) is 0.848. The van der Waals surface area contributed by atoms with E-state index in [4.69, 9.17) is 9.47 Å². The molecule has 1 saturated heterocycles. The lowest BCUT2D eigenvalue weighted by atomic mass is 10.1. The first-order chi connectivity index (χ1) is 11.7. The van der Waals surface area contributed by atoms with Crippen molar-refractivity contribution >= 4 is 5.91 Å². The lowest BCUT2D eigenvalue weighted by Gasteiger charge is -2.33. The van der Waals surface area contributed by atoms with E-state index < -0.39 is 0 Å². The average molecular weight is 325 g/mol. The molecular weight excluding hydrogens is 302 g/mol. The maximum Gasteiger partial charge on any atom is 0.227 e. The van der Waals surface area contributed by atoms with E-state index in [9.17, 15) is 4.79 Å². The first-order valence-corrected chi connectivity index (χ1v) is 8.34. The second-order valence-electron chi connectivity index (χ2n) is 6.07. The molecule has 24 heavy (non-hydrogen) atoms. The summed E-state index contributed by atoms with van der Waals surface area (Å²) >= 11 is 0. The van der Waals surface area contributed by atoms with E-state index in [0.29, 0.717) is 32.7 Å². The van der Waals surface area contributed by atoms with Crippen LogP contribution in [0.5, 0.6) is 5.75 Å². The van der Waals surface area contributed by atoms with Crippen molar-refractivity contribution in [2.75, 3.05) is 26.3 Å². The van der Waals surface area contributed by atoms with E-state index in [1.54, 1.807) is 0 Å². The molecular formula is C20H23NO3. The minimum atomic E-state index is -0.0851. The van der Waals surface area contributed by atoms with Gasteiger partial charge in [0.15, 0.2) is 0 Å². The second kappa shape index (κ2) is 7.97. The SMILES string of the molecule is Cc1ccccc1OCC1CN(C(=O)Cc2ccccc2)CCO1. The third-order valence-electron chi connectivity index (χ3n) is 4.21. The zero-order valence-corrected chi connectivity index (χ0v) is 14.0. The minimum absolute atomic E-state index is 0.0851. The highest BCUT2D eigenvalue weighted by atomic mass is 16.5. The van der Waals surface area contributed by atoms with Crippen LogP contribution in [-0.4, -0.2) is 43.2 Å². The van der Waals surface area contributed by atoms with Crippen LogP contribution in [0.3, 0.4) is 0 Å². The van der Waals surface area contributed by atoms with E-state index in [0.717, 1.165) is 16.9 Å². The molecule has 126 valence electrons. The van der Waals surface area contributed by atoms with E-state index in [-0.39, 0.29) is 12.0 Å². The molecule has 0 N–H and O–H groups in total. The number of para-hydroxylation sites is 1. The van der Waals surface area contributed by atoms with Gasteiger partial charge in [0.1, 0.15) is 18.5 Å². The molecule has 4 heteroatoms. The fourth-order valence-corrected chi connectivity index (χ4v) is 2.83. The molecule has 1 unspecified atom stereocenters. The van der Waals surface area contributed by atoms with Crippen LogP contribution in [0, 0.1) is 6.92 Å². The summed E-state index contributed by atoms with van der Waals surface area (Å²) in [5.41, 5.74) is 2.15. The van der Waals surface area contributed by atoms with Crippen LogP contribution in [0.4, 0.5) is 0 Å². The van der Waals surface area contributed by atoms with Gasteiger partial charge in [-0.3, -0.25) is 4.79 Å². The van der Waals surface area contributed by atoms with Gasteiger partial charge >= 0.3 is 0 Å². The summed E-state index contributed by atoms with van der Waals surface area (Å²) in [6.07, 6.45) is 0.352. The van der Waals surface area contributed by atoms with Crippen LogP contribution in [0.1, 0.15) is 11.1 Å². The molecule has 1 aliphatic rings. The van der Waals surface area contributed by atoms with Gasteiger partial charge in [-0.1, -0.05) is 48.5 Å². The van der Waals surface area contributed by atoms with Crippen molar-refractivity contribution in [1.82, 2.24) is 4.90 Å². The number of hydrogen-bond acceptors (Lipinski definition) is 3. The Hall–Kier alpha value is -2.33. The highest BCUT2D eigenvalue weighted by Crippen LogP contribution is 2.17. The van der Waals surface area contributed by atoms with Gasteiger partial charge in [0.05, 0.1) is 19.6 Å². The number of carbonyl (C=O) groups excluding carboxylic acids is 1. The fraction of sp³-hybridized carbons (Fsp3) is 0.350. The molecule has 0 radical (unpaired) electrons. The van der Waals surface area contributed by atoms with Crippen molar-refractivity contribution in [3.8, 4) is 5.75 Å². The minimum Gasteiger partial charge on any atom is -0.491 e. The van der Waals surface area contributed by atoms with Crippen molar-refractivity contribution < 1.29 is 14.3 Å². The van der Waals surface area contributed by atoms with Gasteiger partial charge in [0, 0.05) is 6.54 Å². The zero-order chi connectivity index (χ0) is 16.8. The lowest BCUT2D eigenvalue weighted by Crippen LogP contribution is -2.48. The molecule has 1 heterocycles. The van der Waals surface area contributed by atoms with Gasteiger partial charge in [0.25, 0.3) is 0 Å². The number of aryl methyl sites for hydroxylation is 1. The van der Waals surface area contributed by atoms with Gasteiger partial charge in [-0.05, 0) is 24.1 Å². The zero-order valence-electron chi connectivity index (χ0n) is 14.0. The number of ether oxygens (including phenoxy) is 2. The van der Waals surface area contributed by atoms with Crippen molar-refractivity contribution in [3.63, 3.8) is 0 Å². The van der Waals surface area contributed by atoms with Crippen molar-refractivity contribution in [1.29, 1.82) is 0 Å². The third kappa shape index (κ3) is 4.36. The third-order valence-corrected chi connectivity index (χ3v) is 4.21. The lowest BCUT2D eigenvalue weighted by molar-refractivity contribution is -0.139. The van der Waals surface area contributed by atoms with Crippen LogP contribution < -0.4 is 4.74 Å². The maximum atomic E-state index is 12.5. The fourth-order valence-electron chi connectivity index (χ4n) is 2.83. The Labute approximate surface area is 143 Å². The van der Waals surface area contributed by atoms with Crippen LogP contribution in [0.15, 0.2) is 54.6 Å². The number of hydrogen-bond donors (Lipinski definition) is 0. The van der Waals surface area contributed by atoms with E-state index in [2.05, 4.69) is 0 Å². The molecule has 3 rings (SSSR count). The van der Waals surface area contributed by atoms with E-state index in [1.165, 1.54) is 0 Å². The number of nitrogens with zero attached hydrogens (tertiary/aromatic N) is 1. The largest absolute Gasteiger partial charge is 0.491 e. The molecule has 0 aromatic heterocycles. The first kappa shape index (κ1) is 16.5. The van der Waals surface area contributed by atoms with Crippen LogP contribution in [0.2, 0.25) is 0 Å². The van der Waals surface area contributed by atoms with Gasteiger partial charge < -0.3 is 14.4 Å². The summed E-state index contributed by atoms with van der Waals surface area (Å²) < 4.78 is 11.6. The highest BCUT2D eigenvalue weighted by molar-refractivity contribution is 5.78. The van der Waals surface area contributed by atoms with Gasteiger partial charge in [-0.15, -0.1) is 0 Å². The van der Waals surface area contributed by atoms with Crippen molar-refractivity contribution in [2.45, 2.75) is 19.4 Å². The van der Waals surface area contributed by atoms with Crippen molar-refractivity contribution in [2.24, 2.45) is 0 Å². The average Bonchev–Trinajstić information content (AvgIpc) is 2.62.